The first-order valence-electron chi connectivity index (χ1n) is 18.1. The summed E-state index contributed by atoms with van der Waals surface area (Å²) in [6.07, 6.45) is 2.63. The minimum absolute atomic E-state index is 0.00555. The third kappa shape index (κ3) is 6.64. The fourth-order valence-corrected chi connectivity index (χ4v) is 8.71. The van der Waals surface area contributed by atoms with Crippen LogP contribution in [-0.2, 0) is 14.3 Å². The standard InChI is InChI=1S/C39H42FN3O10/c1-47-31-15-22(16-32(48-2)36(31)53-39(46)43-14-4-3-5-28(43)21-10-12-41-13-11-21)33-25-17-29-30(51-20-50-29)18-26(25)35(34-27(33)19-49-37(34)44)52-38(45)42-24-8-6-23(40)7-9-24/h6-9,15-18,21,27-28,33-35,41H,3-5,10-14,19-20H2,1-2H3,(H,42,45)/t27-,28?,33+,34+,35-/m0/s1. The van der Waals surface area contributed by atoms with Gasteiger partial charge in [-0.05, 0) is 111 Å². The summed E-state index contributed by atoms with van der Waals surface area (Å²) in [4.78, 5) is 42.5. The van der Waals surface area contributed by atoms with E-state index in [1.807, 2.05) is 11.0 Å². The molecule has 0 bridgehead atoms. The fourth-order valence-electron chi connectivity index (χ4n) is 8.71. The van der Waals surface area contributed by atoms with E-state index in [1.165, 1.54) is 38.5 Å². The molecule has 13 nitrogen and oxygen atoms in total. The van der Waals surface area contributed by atoms with Crippen molar-refractivity contribution < 1.29 is 51.9 Å². The average molecular weight is 732 g/mol. The number of cyclic esters (lactones) is 1. The molecule has 5 atom stereocenters. The summed E-state index contributed by atoms with van der Waals surface area (Å²) in [5.74, 6) is -0.753. The van der Waals surface area contributed by atoms with Crippen LogP contribution in [0.1, 0.15) is 60.8 Å². The number of esters is 1. The van der Waals surface area contributed by atoms with Crippen molar-refractivity contribution in [3.8, 4) is 28.7 Å². The second-order valence-corrected chi connectivity index (χ2v) is 14.1. The van der Waals surface area contributed by atoms with Gasteiger partial charge in [0.15, 0.2) is 23.0 Å². The third-order valence-electron chi connectivity index (χ3n) is 11.2. The van der Waals surface area contributed by atoms with E-state index in [1.54, 1.807) is 18.2 Å². The van der Waals surface area contributed by atoms with Gasteiger partial charge in [-0.1, -0.05) is 0 Å². The highest BCUT2D eigenvalue weighted by Gasteiger charge is 2.54. The van der Waals surface area contributed by atoms with Crippen LogP contribution in [0.15, 0.2) is 48.5 Å². The maximum Gasteiger partial charge on any atom is 0.415 e. The molecule has 53 heavy (non-hydrogen) atoms. The van der Waals surface area contributed by atoms with Gasteiger partial charge >= 0.3 is 18.2 Å². The van der Waals surface area contributed by atoms with Gasteiger partial charge in [0, 0.05) is 35.7 Å². The number of methoxy groups -OCH3 is 2. The molecule has 14 heteroatoms. The Labute approximate surface area is 305 Å². The molecule has 1 unspecified atom stereocenters. The van der Waals surface area contributed by atoms with Crippen molar-refractivity contribution in [2.75, 3.05) is 52.6 Å². The number of ether oxygens (including phenoxy) is 7. The smallest absolute Gasteiger partial charge is 0.415 e. The number of carbonyl (C=O) groups excluding carboxylic acids is 3. The zero-order chi connectivity index (χ0) is 36.6. The molecule has 0 aromatic heterocycles. The van der Waals surface area contributed by atoms with Crippen molar-refractivity contribution >= 4 is 23.8 Å². The molecule has 0 saturated carbocycles. The molecule has 3 saturated heterocycles. The largest absolute Gasteiger partial charge is 0.493 e. The Balaban J connectivity index is 1.14. The van der Waals surface area contributed by atoms with Gasteiger partial charge in [0.05, 0.1) is 20.8 Å². The number of hydrogen-bond acceptors (Lipinski definition) is 11. The number of halogens is 1. The number of piperidine rings is 2. The molecule has 5 aliphatic rings. The zero-order valence-corrected chi connectivity index (χ0v) is 29.6. The first kappa shape index (κ1) is 34.8. The lowest BCUT2D eigenvalue weighted by atomic mass is 9.66. The lowest BCUT2D eigenvalue weighted by molar-refractivity contribution is -0.144. The number of nitrogens with zero attached hydrogens (tertiary/aromatic N) is 1. The summed E-state index contributed by atoms with van der Waals surface area (Å²) in [6.45, 7) is 2.55. The van der Waals surface area contributed by atoms with Crippen LogP contribution >= 0.6 is 0 Å². The van der Waals surface area contributed by atoms with E-state index in [9.17, 15) is 18.8 Å². The van der Waals surface area contributed by atoms with Crippen LogP contribution in [-0.4, -0.2) is 76.4 Å². The van der Waals surface area contributed by atoms with Crippen LogP contribution < -0.4 is 34.3 Å². The summed E-state index contributed by atoms with van der Waals surface area (Å²) in [7, 11) is 2.99. The predicted octanol–water partition coefficient (Wildman–Crippen LogP) is 6.15. The van der Waals surface area contributed by atoms with Crippen LogP contribution in [0.25, 0.3) is 0 Å². The van der Waals surface area contributed by atoms with Gasteiger partial charge in [0.2, 0.25) is 12.5 Å². The SMILES string of the molecule is COc1cc([C@@H]2c3cc4c(cc3[C@H](OC(=O)Nc3ccc(F)cc3)[C@@H]3C(=O)OC[C@@H]23)OCO4)cc(OC)c1OC(=O)N1CCCCC1C1CCNCC1. The number of anilines is 1. The number of benzene rings is 3. The van der Waals surface area contributed by atoms with Crippen molar-refractivity contribution in [3.63, 3.8) is 0 Å². The topological polar surface area (TPSA) is 143 Å². The number of fused-ring (bicyclic) bond motifs is 3. The second-order valence-electron chi connectivity index (χ2n) is 14.1. The van der Waals surface area contributed by atoms with Gasteiger partial charge in [-0.2, -0.15) is 0 Å². The van der Waals surface area contributed by atoms with Crippen molar-refractivity contribution in [3.05, 3.63) is 71.0 Å². The monoisotopic (exact) mass is 731 g/mol. The molecule has 0 radical (unpaired) electrons. The maximum absolute atomic E-state index is 13.9. The van der Waals surface area contributed by atoms with Gasteiger partial charge in [-0.3, -0.25) is 10.1 Å². The number of likely N-dealkylation sites (tertiary alicyclic amines) is 1. The van der Waals surface area contributed by atoms with E-state index in [4.69, 9.17) is 33.2 Å². The van der Waals surface area contributed by atoms with Crippen LogP contribution in [0.2, 0.25) is 0 Å². The Hall–Kier alpha value is -5.24. The normalized spacial score (nSPS) is 24.8. The lowest BCUT2D eigenvalue weighted by Gasteiger charge is -2.41. The summed E-state index contributed by atoms with van der Waals surface area (Å²) in [5, 5.41) is 6.03. The zero-order valence-electron chi connectivity index (χ0n) is 29.6. The molecule has 1 aliphatic carbocycles. The highest BCUT2D eigenvalue weighted by Crippen LogP contribution is 2.56. The molecule has 4 aliphatic heterocycles. The van der Waals surface area contributed by atoms with Gasteiger partial charge < -0.3 is 43.4 Å². The quantitative estimate of drug-likeness (QED) is 0.270. The van der Waals surface area contributed by atoms with Gasteiger partial charge in [0.25, 0.3) is 0 Å². The van der Waals surface area contributed by atoms with E-state index in [-0.39, 0.29) is 36.7 Å². The number of carbonyl (C=O) groups is 3. The van der Waals surface area contributed by atoms with Gasteiger partial charge in [-0.15, -0.1) is 0 Å². The summed E-state index contributed by atoms with van der Waals surface area (Å²) in [5.41, 5.74) is 2.28. The van der Waals surface area contributed by atoms with E-state index >= 15 is 0 Å². The highest BCUT2D eigenvalue weighted by atomic mass is 19.1. The van der Waals surface area contributed by atoms with Crippen LogP contribution in [0.3, 0.4) is 0 Å². The number of rotatable bonds is 7. The van der Waals surface area contributed by atoms with Crippen LogP contribution in [0, 0.1) is 23.6 Å². The van der Waals surface area contributed by atoms with Crippen molar-refractivity contribution in [1.82, 2.24) is 10.2 Å². The second kappa shape index (κ2) is 14.6. The van der Waals surface area contributed by atoms with E-state index in [0.717, 1.165) is 50.8 Å². The lowest BCUT2D eigenvalue weighted by Crippen LogP contribution is -2.50. The molecule has 3 fully saturated rings. The van der Waals surface area contributed by atoms with E-state index in [0.29, 0.717) is 40.8 Å². The van der Waals surface area contributed by atoms with Gasteiger partial charge in [-0.25, -0.2) is 14.0 Å². The van der Waals surface area contributed by atoms with Gasteiger partial charge in [0.1, 0.15) is 17.8 Å². The molecule has 2 N–H and O–H groups in total. The fraction of sp³-hybridized carbons (Fsp3) is 0.462. The highest BCUT2D eigenvalue weighted by molar-refractivity contribution is 5.86. The molecule has 4 heterocycles. The number of amides is 2. The minimum Gasteiger partial charge on any atom is -0.493 e. The first-order valence-corrected chi connectivity index (χ1v) is 18.1. The molecular weight excluding hydrogens is 689 g/mol. The maximum atomic E-state index is 13.9. The van der Waals surface area contributed by atoms with Crippen LogP contribution in [0.5, 0.6) is 28.7 Å². The molecule has 2 amide bonds. The average Bonchev–Trinajstić information content (AvgIpc) is 3.81. The van der Waals surface area contributed by atoms with E-state index < -0.39 is 47.8 Å². The predicted molar refractivity (Wildman–Crippen MR) is 187 cm³/mol. The Morgan fingerprint density at radius 1 is 0.906 bits per heavy atom. The Bertz CT molecular complexity index is 1860. The molecule has 0 spiro atoms. The van der Waals surface area contributed by atoms with Crippen molar-refractivity contribution in [2.24, 2.45) is 17.8 Å². The van der Waals surface area contributed by atoms with Crippen molar-refractivity contribution in [2.45, 2.75) is 50.2 Å². The summed E-state index contributed by atoms with van der Waals surface area (Å²) < 4.78 is 54.4. The molecular formula is C39H42FN3O10. The van der Waals surface area contributed by atoms with Crippen molar-refractivity contribution in [1.29, 1.82) is 0 Å². The first-order chi connectivity index (χ1) is 25.8. The Kier molecular flexibility index (Phi) is 9.62. The molecule has 3 aromatic rings. The number of nitrogens with one attached hydrogen (secondary N) is 2. The van der Waals surface area contributed by atoms with Crippen LogP contribution in [0.4, 0.5) is 19.7 Å². The summed E-state index contributed by atoms with van der Waals surface area (Å²) in [6, 6.07) is 12.5. The molecule has 280 valence electrons. The Morgan fingerprint density at radius 3 is 2.30 bits per heavy atom. The minimum atomic E-state index is -1.04. The van der Waals surface area contributed by atoms with E-state index in [2.05, 4.69) is 10.6 Å². The molecule has 3 aromatic carbocycles. The Morgan fingerprint density at radius 2 is 1.60 bits per heavy atom. The summed E-state index contributed by atoms with van der Waals surface area (Å²) >= 11 is 0. The third-order valence-corrected chi connectivity index (χ3v) is 11.2. The molecule has 8 rings (SSSR count). The number of hydrogen-bond donors (Lipinski definition) is 2.